The van der Waals surface area contributed by atoms with E-state index in [9.17, 15) is 13.2 Å². The van der Waals surface area contributed by atoms with E-state index < -0.39 is 11.7 Å². The first kappa shape index (κ1) is 14.7. The van der Waals surface area contributed by atoms with Gasteiger partial charge in [-0.25, -0.2) is 0 Å². The molecule has 0 spiro atoms. The molecule has 2 aromatic rings. The van der Waals surface area contributed by atoms with Crippen LogP contribution in [-0.2, 0) is 6.18 Å². The van der Waals surface area contributed by atoms with Gasteiger partial charge in [-0.3, -0.25) is 0 Å². The van der Waals surface area contributed by atoms with Crippen molar-refractivity contribution in [3.8, 4) is 17.6 Å². The van der Waals surface area contributed by atoms with Crippen molar-refractivity contribution in [1.82, 2.24) is 0 Å². The fourth-order valence-electron chi connectivity index (χ4n) is 1.54. The molecule has 0 aliphatic heterocycles. The molecule has 102 valence electrons. The van der Waals surface area contributed by atoms with E-state index in [4.69, 9.17) is 10.00 Å². The number of halogens is 4. The van der Waals surface area contributed by atoms with Crippen molar-refractivity contribution >= 4 is 22.6 Å². The summed E-state index contributed by atoms with van der Waals surface area (Å²) >= 11 is 2.09. The Balaban J connectivity index is 2.36. The standard InChI is InChI=1S/C14H7F3INO/c15-14(16,17)10-4-5-13(9(6-10)8-19)20-12-3-1-2-11(18)7-12/h1-7H. The monoisotopic (exact) mass is 389 g/mol. The van der Waals surface area contributed by atoms with Gasteiger partial charge in [0.05, 0.1) is 11.1 Å². The summed E-state index contributed by atoms with van der Waals surface area (Å²) < 4.78 is 44.1. The highest BCUT2D eigenvalue weighted by atomic mass is 127. The SMILES string of the molecule is N#Cc1cc(C(F)(F)F)ccc1Oc1cccc(I)c1. The molecule has 0 aliphatic carbocycles. The number of ether oxygens (including phenoxy) is 1. The molecule has 0 aromatic heterocycles. The third kappa shape index (κ3) is 3.42. The summed E-state index contributed by atoms with van der Waals surface area (Å²) in [7, 11) is 0. The van der Waals surface area contributed by atoms with Crippen LogP contribution in [0.15, 0.2) is 42.5 Å². The van der Waals surface area contributed by atoms with Gasteiger partial charge in [-0.15, -0.1) is 0 Å². The minimum atomic E-state index is -4.48. The van der Waals surface area contributed by atoms with Gasteiger partial charge in [-0.2, -0.15) is 18.4 Å². The van der Waals surface area contributed by atoms with Crippen molar-refractivity contribution in [2.45, 2.75) is 6.18 Å². The second-order valence-corrected chi connectivity index (χ2v) is 5.13. The van der Waals surface area contributed by atoms with Crippen molar-refractivity contribution in [1.29, 1.82) is 5.26 Å². The van der Waals surface area contributed by atoms with Crippen LogP contribution in [0, 0.1) is 14.9 Å². The van der Waals surface area contributed by atoms with E-state index in [0.29, 0.717) is 5.75 Å². The maximum atomic E-state index is 12.6. The molecule has 20 heavy (non-hydrogen) atoms. The topological polar surface area (TPSA) is 33.0 Å². The van der Waals surface area contributed by atoms with Crippen molar-refractivity contribution in [2.75, 3.05) is 0 Å². The molecule has 2 aromatic carbocycles. The summed E-state index contributed by atoms with van der Waals surface area (Å²) in [5, 5.41) is 8.94. The zero-order valence-corrected chi connectivity index (χ0v) is 12.1. The number of hydrogen-bond donors (Lipinski definition) is 0. The van der Waals surface area contributed by atoms with E-state index in [1.165, 1.54) is 0 Å². The second kappa shape index (κ2) is 5.71. The summed E-state index contributed by atoms with van der Waals surface area (Å²) in [4.78, 5) is 0. The largest absolute Gasteiger partial charge is 0.456 e. The van der Waals surface area contributed by atoms with E-state index in [2.05, 4.69) is 22.6 Å². The Morgan fingerprint density at radius 1 is 1.10 bits per heavy atom. The summed E-state index contributed by atoms with van der Waals surface area (Å²) in [5.74, 6) is 0.565. The summed E-state index contributed by atoms with van der Waals surface area (Å²) in [5.41, 5.74) is -1.03. The minimum Gasteiger partial charge on any atom is -0.456 e. The Morgan fingerprint density at radius 2 is 1.85 bits per heavy atom. The number of alkyl halides is 3. The molecular formula is C14H7F3INO. The van der Waals surface area contributed by atoms with Gasteiger partial charge in [0, 0.05) is 3.57 Å². The number of benzene rings is 2. The molecule has 0 atom stereocenters. The van der Waals surface area contributed by atoms with E-state index in [1.54, 1.807) is 24.3 Å². The van der Waals surface area contributed by atoms with Crippen molar-refractivity contribution in [3.63, 3.8) is 0 Å². The molecule has 6 heteroatoms. The van der Waals surface area contributed by atoms with E-state index >= 15 is 0 Å². The van der Waals surface area contributed by atoms with Gasteiger partial charge in [-0.1, -0.05) is 6.07 Å². The van der Waals surface area contributed by atoms with E-state index in [-0.39, 0.29) is 11.3 Å². The molecule has 0 N–H and O–H groups in total. The first-order valence-electron chi connectivity index (χ1n) is 5.45. The first-order valence-corrected chi connectivity index (χ1v) is 6.53. The number of hydrogen-bond acceptors (Lipinski definition) is 2. The second-order valence-electron chi connectivity index (χ2n) is 3.88. The van der Waals surface area contributed by atoms with Crippen LogP contribution in [0.5, 0.6) is 11.5 Å². The molecular weight excluding hydrogens is 382 g/mol. The first-order chi connectivity index (χ1) is 9.40. The Morgan fingerprint density at radius 3 is 2.45 bits per heavy atom. The van der Waals surface area contributed by atoms with Crippen molar-refractivity contribution < 1.29 is 17.9 Å². The van der Waals surface area contributed by atoms with Gasteiger partial charge in [0.25, 0.3) is 0 Å². The van der Waals surface area contributed by atoms with Crippen molar-refractivity contribution in [3.05, 3.63) is 57.2 Å². The van der Waals surface area contributed by atoms with Gasteiger partial charge in [0.1, 0.15) is 17.6 Å². The lowest BCUT2D eigenvalue weighted by molar-refractivity contribution is -0.137. The molecule has 0 saturated heterocycles. The predicted molar refractivity (Wildman–Crippen MR) is 75.4 cm³/mol. The highest BCUT2D eigenvalue weighted by Crippen LogP contribution is 2.34. The van der Waals surface area contributed by atoms with Crippen LogP contribution in [0.2, 0.25) is 0 Å². The average molecular weight is 389 g/mol. The van der Waals surface area contributed by atoms with Crippen LogP contribution in [0.25, 0.3) is 0 Å². The van der Waals surface area contributed by atoms with Crippen LogP contribution in [0.3, 0.4) is 0 Å². The number of rotatable bonds is 2. The highest BCUT2D eigenvalue weighted by Gasteiger charge is 2.31. The summed E-state index contributed by atoms with van der Waals surface area (Å²) in [6.45, 7) is 0. The molecule has 0 bridgehead atoms. The highest BCUT2D eigenvalue weighted by molar-refractivity contribution is 14.1. The maximum Gasteiger partial charge on any atom is 0.416 e. The smallest absolute Gasteiger partial charge is 0.416 e. The van der Waals surface area contributed by atoms with Gasteiger partial charge in [-0.05, 0) is 59.0 Å². The lowest BCUT2D eigenvalue weighted by Gasteiger charge is -2.11. The number of nitriles is 1. The molecule has 0 saturated carbocycles. The molecule has 2 nitrogen and oxygen atoms in total. The Hall–Kier alpha value is -1.75. The fourth-order valence-corrected chi connectivity index (χ4v) is 2.05. The fraction of sp³-hybridized carbons (Fsp3) is 0.0714. The maximum absolute atomic E-state index is 12.6. The van der Waals surface area contributed by atoms with Crippen LogP contribution < -0.4 is 4.74 Å². The van der Waals surface area contributed by atoms with Crippen molar-refractivity contribution in [2.24, 2.45) is 0 Å². The van der Waals surface area contributed by atoms with E-state index in [0.717, 1.165) is 21.8 Å². The number of nitrogens with zero attached hydrogens (tertiary/aromatic N) is 1. The predicted octanol–water partition coefficient (Wildman–Crippen LogP) is 4.97. The molecule has 0 radical (unpaired) electrons. The lowest BCUT2D eigenvalue weighted by atomic mass is 10.1. The summed E-state index contributed by atoms with van der Waals surface area (Å²) in [6.07, 6.45) is -4.48. The lowest BCUT2D eigenvalue weighted by Crippen LogP contribution is -2.05. The Labute approximate surface area is 126 Å². The van der Waals surface area contributed by atoms with Crippen LogP contribution in [0.4, 0.5) is 13.2 Å². The van der Waals surface area contributed by atoms with Gasteiger partial charge >= 0.3 is 6.18 Å². The quantitative estimate of drug-likeness (QED) is 0.680. The van der Waals surface area contributed by atoms with Gasteiger partial charge in [0.2, 0.25) is 0 Å². The van der Waals surface area contributed by atoms with Crippen LogP contribution >= 0.6 is 22.6 Å². The van der Waals surface area contributed by atoms with Gasteiger partial charge < -0.3 is 4.74 Å². The molecule has 2 rings (SSSR count). The molecule has 0 heterocycles. The van der Waals surface area contributed by atoms with Gasteiger partial charge in [0.15, 0.2) is 0 Å². The molecule has 0 amide bonds. The third-order valence-electron chi connectivity index (χ3n) is 2.45. The Bertz CT molecular complexity index is 677. The zero-order valence-electron chi connectivity index (χ0n) is 9.91. The average Bonchev–Trinajstić information content (AvgIpc) is 2.38. The normalized spacial score (nSPS) is 10.9. The minimum absolute atomic E-state index is 0.0995. The molecule has 0 fully saturated rings. The summed E-state index contributed by atoms with van der Waals surface area (Å²) in [6, 6.07) is 11.5. The van der Waals surface area contributed by atoms with E-state index in [1.807, 2.05) is 6.07 Å². The Kier molecular flexibility index (Phi) is 4.18. The molecule has 0 unspecified atom stereocenters. The molecule has 0 aliphatic rings. The third-order valence-corrected chi connectivity index (χ3v) is 3.12. The van der Waals surface area contributed by atoms with Crippen LogP contribution in [-0.4, -0.2) is 0 Å². The van der Waals surface area contributed by atoms with Crippen LogP contribution in [0.1, 0.15) is 11.1 Å². The zero-order chi connectivity index (χ0) is 14.8.